The van der Waals surface area contributed by atoms with Gasteiger partial charge in [0.15, 0.2) is 11.6 Å². The molecule has 0 aliphatic heterocycles. The van der Waals surface area contributed by atoms with Crippen molar-refractivity contribution in [3.05, 3.63) is 53.5 Å². The van der Waals surface area contributed by atoms with Crippen molar-refractivity contribution in [3.8, 4) is 11.6 Å². The van der Waals surface area contributed by atoms with Crippen LogP contribution in [0.25, 0.3) is 5.76 Å². The van der Waals surface area contributed by atoms with Gasteiger partial charge in [0.05, 0.1) is 25.8 Å². The van der Waals surface area contributed by atoms with Crippen LogP contribution in [0.3, 0.4) is 0 Å². The molecular weight excluding hydrogens is 332 g/mol. The van der Waals surface area contributed by atoms with E-state index in [0.29, 0.717) is 29.8 Å². The van der Waals surface area contributed by atoms with E-state index >= 15 is 0 Å². The zero-order chi connectivity index (χ0) is 18.5. The molecule has 1 heterocycles. The van der Waals surface area contributed by atoms with Crippen LogP contribution in [0, 0.1) is 0 Å². The Bertz CT molecular complexity index is 815. The van der Waals surface area contributed by atoms with Crippen LogP contribution in [-0.2, 0) is 33.5 Å². The normalized spacial score (nSPS) is 12.4. The van der Waals surface area contributed by atoms with Gasteiger partial charge in [-0.1, -0.05) is 18.7 Å². The molecule has 26 heavy (non-hydrogen) atoms. The summed E-state index contributed by atoms with van der Waals surface area (Å²) >= 11 is 0. The van der Waals surface area contributed by atoms with Crippen LogP contribution in [-0.4, -0.2) is 29.7 Å². The van der Waals surface area contributed by atoms with Gasteiger partial charge in [0.1, 0.15) is 5.75 Å². The molecule has 2 aromatic rings. The molecule has 3 rings (SSSR count). The fourth-order valence-electron chi connectivity index (χ4n) is 2.87. The first-order valence-electron chi connectivity index (χ1n) is 8.66. The van der Waals surface area contributed by atoms with Gasteiger partial charge in [-0.05, 0) is 43.9 Å². The Morgan fingerprint density at radius 1 is 1.19 bits per heavy atom. The average Bonchev–Trinajstić information content (AvgIpc) is 3.12. The fourth-order valence-corrected chi connectivity index (χ4v) is 2.87. The largest absolute Gasteiger partial charge is 0.491 e. The number of hydrogen-bond donors (Lipinski definition) is 0. The number of aryl methyl sites for hydroxylation is 1. The molecule has 0 N–H and O–H groups in total. The lowest BCUT2D eigenvalue weighted by atomic mass is 10.1. The van der Waals surface area contributed by atoms with Gasteiger partial charge >= 0.3 is 5.97 Å². The van der Waals surface area contributed by atoms with E-state index in [-0.39, 0.29) is 12.4 Å². The number of nitrogens with zero attached hydrogens (tertiary/aromatic N) is 2. The third-order valence-electron chi connectivity index (χ3n) is 4.18. The van der Waals surface area contributed by atoms with Gasteiger partial charge in [-0.3, -0.25) is 4.79 Å². The summed E-state index contributed by atoms with van der Waals surface area (Å²) in [6, 6.07) is 7.32. The topological polar surface area (TPSA) is 70.5 Å². The maximum absolute atomic E-state index is 11.3. The monoisotopic (exact) mass is 354 g/mol. The zero-order valence-corrected chi connectivity index (χ0v) is 15.1. The van der Waals surface area contributed by atoms with Crippen molar-refractivity contribution in [2.75, 3.05) is 13.7 Å². The number of methoxy groups -OCH3 is 1. The van der Waals surface area contributed by atoms with Gasteiger partial charge in [-0.2, -0.15) is 4.98 Å². The standard InChI is InChI=1S/C20H22N2O4/c1-4-25-13(2)19-21-17-7-5-6-16(17)20(22-19)26-15-10-8-14(9-11-15)12-18(23)24-3/h8-11H,2,4-7,12H2,1,3H3. The van der Waals surface area contributed by atoms with Gasteiger partial charge in [0, 0.05) is 5.56 Å². The summed E-state index contributed by atoms with van der Waals surface area (Å²) in [4.78, 5) is 20.4. The van der Waals surface area contributed by atoms with Crippen molar-refractivity contribution >= 4 is 11.7 Å². The molecule has 0 saturated carbocycles. The molecule has 136 valence electrons. The summed E-state index contributed by atoms with van der Waals surface area (Å²) in [6.07, 6.45) is 3.06. The Morgan fingerprint density at radius 3 is 2.65 bits per heavy atom. The van der Waals surface area contributed by atoms with Crippen molar-refractivity contribution < 1.29 is 19.0 Å². The minimum atomic E-state index is -0.272. The summed E-state index contributed by atoms with van der Waals surface area (Å²) in [5, 5.41) is 0. The van der Waals surface area contributed by atoms with Crippen LogP contribution in [0.4, 0.5) is 0 Å². The fraction of sp³-hybridized carbons (Fsp3) is 0.350. The Labute approximate surface area is 152 Å². The predicted octanol–water partition coefficient (Wildman–Crippen LogP) is 3.48. The minimum absolute atomic E-state index is 0.234. The number of aromatic nitrogens is 2. The van der Waals surface area contributed by atoms with Crippen LogP contribution in [0.15, 0.2) is 30.8 Å². The van der Waals surface area contributed by atoms with E-state index in [1.165, 1.54) is 7.11 Å². The van der Waals surface area contributed by atoms with Crippen LogP contribution < -0.4 is 4.74 Å². The Morgan fingerprint density at radius 2 is 1.96 bits per heavy atom. The van der Waals surface area contributed by atoms with Crippen molar-refractivity contribution in [1.82, 2.24) is 9.97 Å². The first kappa shape index (κ1) is 17.9. The summed E-state index contributed by atoms with van der Waals surface area (Å²) < 4.78 is 16.1. The summed E-state index contributed by atoms with van der Waals surface area (Å²) in [7, 11) is 1.38. The summed E-state index contributed by atoms with van der Waals surface area (Å²) in [5.74, 6) is 1.83. The molecule has 1 aromatic carbocycles. The van der Waals surface area contributed by atoms with Gasteiger partial charge < -0.3 is 14.2 Å². The van der Waals surface area contributed by atoms with Crippen LogP contribution in [0.2, 0.25) is 0 Å². The maximum atomic E-state index is 11.3. The SMILES string of the molecule is C=C(OCC)c1nc2c(c(Oc3ccc(CC(=O)OC)cc3)n1)CCC2. The molecule has 6 heteroatoms. The Balaban J connectivity index is 1.82. The number of ether oxygens (including phenoxy) is 3. The van der Waals surface area contributed by atoms with E-state index in [0.717, 1.165) is 36.1 Å². The van der Waals surface area contributed by atoms with Crippen molar-refractivity contribution in [2.24, 2.45) is 0 Å². The second-order valence-corrected chi connectivity index (χ2v) is 5.99. The Kier molecular flexibility index (Phi) is 5.51. The van der Waals surface area contributed by atoms with Crippen LogP contribution >= 0.6 is 0 Å². The molecule has 0 amide bonds. The first-order chi connectivity index (χ1) is 12.6. The number of carbonyl (C=O) groups is 1. The number of benzene rings is 1. The summed E-state index contributed by atoms with van der Waals surface area (Å²) in [5.41, 5.74) is 2.90. The lowest BCUT2D eigenvalue weighted by Gasteiger charge is -2.13. The van der Waals surface area contributed by atoms with E-state index in [1.807, 2.05) is 31.2 Å². The highest BCUT2D eigenvalue weighted by atomic mass is 16.5. The number of carbonyl (C=O) groups excluding carboxylic acids is 1. The minimum Gasteiger partial charge on any atom is -0.491 e. The lowest BCUT2D eigenvalue weighted by molar-refractivity contribution is -0.139. The molecule has 1 aliphatic carbocycles. The number of hydrogen-bond acceptors (Lipinski definition) is 6. The summed E-state index contributed by atoms with van der Waals surface area (Å²) in [6.45, 7) is 6.29. The second kappa shape index (κ2) is 7.99. The zero-order valence-electron chi connectivity index (χ0n) is 15.1. The van der Waals surface area contributed by atoms with Crippen molar-refractivity contribution in [2.45, 2.75) is 32.6 Å². The molecule has 0 bridgehead atoms. The van der Waals surface area contributed by atoms with Gasteiger partial charge in [0.2, 0.25) is 5.88 Å². The first-order valence-corrected chi connectivity index (χ1v) is 8.66. The smallest absolute Gasteiger partial charge is 0.309 e. The highest BCUT2D eigenvalue weighted by molar-refractivity contribution is 5.72. The van der Waals surface area contributed by atoms with Gasteiger partial charge in [-0.25, -0.2) is 4.98 Å². The van der Waals surface area contributed by atoms with E-state index in [9.17, 15) is 4.79 Å². The van der Waals surface area contributed by atoms with E-state index in [1.54, 1.807) is 0 Å². The van der Waals surface area contributed by atoms with E-state index < -0.39 is 0 Å². The molecule has 0 spiro atoms. The number of fused-ring (bicyclic) bond motifs is 1. The van der Waals surface area contributed by atoms with Gasteiger partial charge in [0.25, 0.3) is 0 Å². The average molecular weight is 354 g/mol. The molecule has 0 radical (unpaired) electrons. The molecule has 1 aliphatic rings. The molecule has 0 saturated heterocycles. The van der Waals surface area contributed by atoms with Crippen molar-refractivity contribution in [3.63, 3.8) is 0 Å². The van der Waals surface area contributed by atoms with Crippen LogP contribution in [0.1, 0.15) is 36.0 Å². The third kappa shape index (κ3) is 4.02. The molecule has 6 nitrogen and oxygen atoms in total. The molecule has 0 atom stereocenters. The molecule has 0 unspecified atom stereocenters. The number of esters is 1. The lowest BCUT2D eigenvalue weighted by Crippen LogP contribution is -2.05. The van der Waals surface area contributed by atoms with Gasteiger partial charge in [-0.15, -0.1) is 0 Å². The number of rotatable bonds is 7. The van der Waals surface area contributed by atoms with E-state index in [2.05, 4.69) is 21.3 Å². The molecular formula is C20H22N2O4. The predicted molar refractivity (Wildman–Crippen MR) is 97.0 cm³/mol. The molecule has 1 aromatic heterocycles. The highest BCUT2D eigenvalue weighted by Crippen LogP contribution is 2.32. The Hall–Kier alpha value is -2.89. The second-order valence-electron chi connectivity index (χ2n) is 5.99. The van der Waals surface area contributed by atoms with E-state index in [4.69, 9.17) is 9.47 Å². The third-order valence-corrected chi connectivity index (χ3v) is 4.18. The van der Waals surface area contributed by atoms with Crippen LogP contribution in [0.5, 0.6) is 11.6 Å². The van der Waals surface area contributed by atoms with Crippen molar-refractivity contribution in [1.29, 1.82) is 0 Å². The molecule has 0 fully saturated rings. The maximum Gasteiger partial charge on any atom is 0.309 e. The highest BCUT2D eigenvalue weighted by Gasteiger charge is 2.22. The quantitative estimate of drug-likeness (QED) is 0.560.